The number of rotatable bonds is 7. The zero-order valence-electron chi connectivity index (χ0n) is 24.2. The molecule has 1 aliphatic heterocycles. The van der Waals surface area contributed by atoms with Crippen molar-refractivity contribution in [3.05, 3.63) is 46.6 Å². The van der Waals surface area contributed by atoms with Crippen LogP contribution in [0.2, 0.25) is 0 Å². The molecule has 0 aromatic carbocycles. The van der Waals surface area contributed by atoms with Gasteiger partial charge in [0.1, 0.15) is 28.8 Å². The van der Waals surface area contributed by atoms with Crippen LogP contribution >= 0.6 is 0 Å². The molecule has 5 rings (SSSR count). The van der Waals surface area contributed by atoms with Gasteiger partial charge in [-0.2, -0.15) is 8.42 Å². The number of carbonyl (C=O) groups is 1. The summed E-state index contributed by atoms with van der Waals surface area (Å²) in [4.78, 5) is 30.4. The van der Waals surface area contributed by atoms with Gasteiger partial charge in [-0.05, 0) is 62.0 Å². The maximum atomic E-state index is 13.4. The van der Waals surface area contributed by atoms with Crippen molar-refractivity contribution in [3.63, 3.8) is 0 Å². The van der Waals surface area contributed by atoms with Crippen LogP contribution in [0.25, 0.3) is 11.3 Å². The lowest BCUT2D eigenvalue weighted by molar-refractivity contribution is -0.248. The van der Waals surface area contributed by atoms with E-state index in [-0.39, 0.29) is 41.3 Å². The molecule has 0 spiro atoms. The van der Waals surface area contributed by atoms with E-state index in [2.05, 4.69) is 4.98 Å². The molecule has 2 saturated carbocycles. The summed E-state index contributed by atoms with van der Waals surface area (Å²) in [6.07, 6.45) is 4.76. The molecule has 11 heteroatoms. The largest absolute Gasteiger partial charge is 0.482 e. The lowest BCUT2D eigenvalue weighted by Crippen LogP contribution is -2.69. The Hall–Kier alpha value is -2.76. The molecule has 1 N–H and O–H groups in total. The van der Waals surface area contributed by atoms with E-state index in [1.807, 2.05) is 27.7 Å². The highest BCUT2D eigenvalue weighted by Gasteiger charge is 2.67. The Kier molecular flexibility index (Phi) is 7.84. The predicted octanol–water partition coefficient (Wildman–Crippen LogP) is 4.41. The molecule has 2 unspecified atom stereocenters. The molecule has 2 aromatic heterocycles. The lowest BCUT2D eigenvalue weighted by Gasteiger charge is -2.64. The van der Waals surface area contributed by atoms with Crippen molar-refractivity contribution in [1.82, 2.24) is 4.98 Å². The molecule has 10 nitrogen and oxygen atoms in total. The molecule has 0 radical (unpaired) electrons. The monoisotopic (exact) mass is 589 g/mol. The summed E-state index contributed by atoms with van der Waals surface area (Å²) in [7, 11) is -3.69. The molecule has 3 heterocycles. The minimum absolute atomic E-state index is 0.0280. The first-order chi connectivity index (χ1) is 19.3. The number of aliphatic hydroxyl groups is 1. The van der Waals surface area contributed by atoms with E-state index in [1.54, 1.807) is 30.6 Å². The van der Waals surface area contributed by atoms with Crippen LogP contribution in [-0.2, 0) is 23.8 Å². The fourth-order valence-corrected chi connectivity index (χ4v) is 8.43. The Morgan fingerprint density at radius 1 is 1.29 bits per heavy atom. The number of ether oxygens (including phenoxy) is 2. The first-order valence-electron chi connectivity index (χ1n) is 14.3. The first-order valence-corrected chi connectivity index (χ1v) is 16.1. The van der Waals surface area contributed by atoms with Crippen molar-refractivity contribution in [2.45, 2.75) is 90.1 Å². The number of aliphatic hydroxyl groups excluding tert-OH is 1. The normalized spacial score (nSPS) is 34.5. The third-order valence-electron chi connectivity index (χ3n) is 9.62. The molecule has 41 heavy (non-hydrogen) atoms. The van der Waals surface area contributed by atoms with Crippen LogP contribution in [0, 0.1) is 23.2 Å². The summed E-state index contributed by atoms with van der Waals surface area (Å²) in [5.41, 5.74) is -1.87. The standard InChI is InChI=1S/C30H39NO9S/c1-6-7-10-24(32)38-23-14-19-17(2)20(40-41(5,35)36)11-12-29(19,3)27-26(33)25-22(39-30(23,27)4)15-21(37-28(25)34)18-9-8-13-31-16-18/h8-9,13,15-17,19-20,23,26-27,33H,6-7,10-12,14H2,1-5H3/t17-,19?,20+,23+,26+,27?,29+,30-/m1/s1. The first kappa shape index (κ1) is 29.7. The second kappa shape index (κ2) is 10.8. The number of fused-ring (bicyclic) bond motifs is 4. The van der Waals surface area contributed by atoms with E-state index in [0.29, 0.717) is 31.2 Å². The highest BCUT2D eigenvalue weighted by molar-refractivity contribution is 7.86. The third-order valence-corrected chi connectivity index (χ3v) is 10.2. The van der Waals surface area contributed by atoms with Crippen molar-refractivity contribution in [3.8, 4) is 17.1 Å². The summed E-state index contributed by atoms with van der Waals surface area (Å²) >= 11 is 0. The van der Waals surface area contributed by atoms with Crippen molar-refractivity contribution in [1.29, 1.82) is 0 Å². The van der Waals surface area contributed by atoms with E-state index in [0.717, 1.165) is 12.7 Å². The van der Waals surface area contributed by atoms with Gasteiger partial charge in [-0.1, -0.05) is 27.2 Å². The van der Waals surface area contributed by atoms with Crippen molar-refractivity contribution in [2.75, 3.05) is 6.26 Å². The lowest BCUT2D eigenvalue weighted by atomic mass is 9.46. The second-order valence-corrected chi connectivity index (χ2v) is 13.9. The van der Waals surface area contributed by atoms with E-state index < -0.39 is 51.0 Å². The van der Waals surface area contributed by atoms with Crippen LogP contribution in [0.1, 0.15) is 77.9 Å². The molecule has 0 bridgehead atoms. The second-order valence-electron chi connectivity index (χ2n) is 12.3. The number of hydrogen-bond acceptors (Lipinski definition) is 10. The quantitative estimate of drug-likeness (QED) is 0.365. The molecular weight excluding hydrogens is 550 g/mol. The Morgan fingerprint density at radius 3 is 2.71 bits per heavy atom. The van der Waals surface area contributed by atoms with E-state index in [9.17, 15) is 23.1 Å². The van der Waals surface area contributed by atoms with Gasteiger partial charge in [0.15, 0.2) is 0 Å². The third kappa shape index (κ3) is 5.32. The molecule has 2 aromatic rings. The number of aromatic nitrogens is 1. The van der Waals surface area contributed by atoms with Crippen LogP contribution in [-0.4, -0.2) is 48.5 Å². The smallest absolute Gasteiger partial charge is 0.345 e. The van der Waals surface area contributed by atoms with E-state index in [1.165, 1.54) is 0 Å². The fraction of sp³-hybridized carbons (Fsp3) is 0.633. The Bertz CT molecular complexity index is 1460. The van der Waals surface area contributed by atoms with Gasteiger partial charge in [-0.25, -0.2) is 4.79 Å². The molecule has 2 aliphatic carbocycles. The molecule has 0 amide bonds. The van der Waals surface area contributed by atoms with Crippen LogP contribution in [0.3, 0.4) is 0 Å². The summed E-state index contributed by atoms with van der Waals surface area (Å²) in [5, 5.41) is 12.0. The Labute approximate surface area is 240 Å². The molecule has 3 aliphatic rings. The molecule has 2 fully saturated rings. The zero-order chi connectivity index (χ0) is 29.7. The van der Waals surface area contributed by atoms with Gasteiger partial charge in [0.05, 0.1) is 18.5 Å². The van der Waals surface area contributed by atoms with Crippen LogP contribution in [0.4, 0.5) is 0 Å². The average Bonchev–Trinajstić information content (AvgIpc) is 2.89. The summed E-state index contributed by atoms with van der Waals surface area (Å²) < 4.78 is 47.9. The van der Waals surface area contributed by atoms with Crippen molar-refractivity contribution < 1.29 is 36.4 Å². The maximum absolute atomic E-state index is 13.4. The van der Waals surface area contributed by atoms with Gasteiger partial charge in [0.25, 0.3) is 10.1 Å². The molecule has 224 valence electrons. The average molecular weight is 590 g/mol. The number of carbonyl (C=O) groups excluding carboxylic acids is 1. The predicted molar refractivity (Wildman–Crippen MR) is 149 cm³/mol. The molecular formula is C30H39NO9S. The Balaban J connectivity index is 1.60. The topological polar surface area (TPSA) is 142 Å². The van der Waals surface area contributed by atoms with Gasteiger partial charge >= 0.3 is 11.6 Å². The summed E-state index contributed by atoms with van der Waals surface area (Å²) in [6.45, 7) is 7.82. The number of pyridine rings is 1. The SMILES string of the molecule is CCCCC(=O)O[C@H]1CC2[C@@H](C)[C@@H](OS(C)(=O)=O)CC[C@]2(C)C2[C@@H](O)c3c(cc(-c4cccnc4)oc3=O)O[C@@]21C. The molecule has 0 saturated heterocycles. The van der Waals surface area contributed by atoms with Gasteiger partial charge in [-0.3, -0.25) is 14.0 Å². The highest BCUT2D eigenvalue weighted by Crippen LogP contribution is 2.65. The van der Waals surface area contributed by atoms with Gasteiger partial charge < -0.3 is 19.0 Å². The van der Waals surface area contributed by atoms with Crippen molar-refractivity contribution >= 4 is 16.1 Å². The van der Waals surface area contributed by atoms with Crippen LogP contribution in [0.5, 0.6) is 5.75 Å². The zero-order valence-corrected chi connectivity index (χ0v) is 25.0. The van der Waals surface area contributed by atoms with Gasteiger partial charge in [-0.15, -0.1) is 0 Å². The van der Waals surface area contributed by atoms with Gasteiger partial charge in [0, 0.05) is 36.4 Å². The number of esters is 1. The number of unbranched alkanes of at least 4 members (excludes halogenated alkanes) is 1. The van der Waals surface area contributed by atoms with Gasteiger partial charge in [0.2, 0.25) is 0 Å². The maximum Gasteiger partial charge on any atom is 0.345 e. The Morgan fingerprint density at radius 2 is 2.05 bits per heavy atom. The molecule has 8 atom stereocenters. The summed E-state index contributed by atoms with van der Waals surface area (Å²) in [6, 6.07) is 5.06. The summed E-state index contributed by atoms with van der Waals surface area (Å²) in [5.74, 6) is -1.00. The van der Waals surface area contributed by atoms with Crippen molar-refractivity contribution in [2.24, 2.45) is 23.2 Å². The highest BCUT2D eigenvalue weighted by atomic mass is 32.2. The number of hydrogen-bond donors (Lipinski definition) is 1. The van der Waals surface area contributed by atoms with Crippen LogP contribution < -0.4 is 10.4 Å². The van der Waals surface area contributed by atoms with E-state index in [4.69, 9.17) is 18.1 Å². The minimum atomic E-state index is -3.69. The van der Waals surface area contributed by atoms with Crippen LogP contribution in [0.15, 0.2) is 39.8 Å². The number of nitrogens with zero attached hydrogens (tertiary/aromatic N) is 1. The van der Waals surface area contributed by atoms with E-state index >= 15 is 0 Å². The minimum Gasteiger partial charge on any atom is -0.482 e. The fourth-order valence-electron chi connectivity index (χ4n) is 7.71.